The number of rotatable bonds is 3. The molecule has 4 heteroatoms. The van der Waals surface area contributed by atoms with E-state index >= 15 is 0 Å². The molecule has 3 rings (SSSR count). The predicted octanol–water partition coefficient (Wildman–Crippen LogP) is 4.52. The van der Waals surface area contributed by atoms with Gasteiger partial charge in [0.2, 0.25) is 11.8 Å². The molecule has 2 amide bonds. The number of hydrogen-bond donors (Lipinski definition) is 2. The van der Waals surface area contributed by atoms with Crippen molar-refractivity contribution in [1.82, 2.24) is 0 Å². The molecule has 2 aromatic rings. The zero-order valence-corrected chi connectivity index (χ0v) is 15.4. The highest BCUT2D eigenvalue weighted by molar-refractivity contribution is 6.02. The third-order valence-corrected chi connectivity index (χ3v) is 4.47. The van der Waals surface area contributed by atoms with Crippen LogP contribution in [0.15, 0.2) is 48.5 Å². The molecule has 0 fully saturated rings. The Balaban J connectivity index is 1.63. The van der Waals surface area contributed by atoms with Gasteiger partial charge in [-0.2, -0.15) is 0 Å². The SMILES string of the molecule is CC(C)(C)c1ccc(C=CC(=O)Nc2ccc3c(c2)CCC(=O)N3)cc1. The first-order valence-electron chi connectivity index (χ1n) is 8.84. The zero-order valence-electron chi connectivity index (χ0n) is 15.4. The first-order valence-corrected chi connectivity index (χ1v) is 8.84. The second-order valence-electron chi connectivity index (χ2n) is 7.61. The fourth-order valence-electron chi connectivity index (χ4n) is 2.91. The molecule has 0 aliphatic carbocycles. The summed E-state index contributed by atoms with van der Waals surface area (Å²) in [6, 6.07) is 13.8. The van der Waals surface area contributed by atoms with Crippen LogP contribution in [-0.4, -0.2) is 11.8 Å². The van der Waals surface area contributed by atoms with Gasteiger partial charge in [-0.05, 0) is 52.8 Å². The number of fused-ring (bicyclic) bond motifs is 1. The van der Waals surface area contributed by atoms with Crippen LogP contribution in [-0.2, 0) is 21.4 Å². The summed E-state index contributed by atoms with van der Waals surface area (Å²) in [5.41, 5.74) is 4.97. The molecule has 0 saturated heterocycles. The molecule has 2 aromatic carbocycles. The van der Waals surface area contributed by atoms with Crippen molar-refractivity contribution in [2.75, 3.05) is 10.6 Å². The predicted molar refractivity (Wildman–Crippen MR) is 106 cm³/mol. The van der Waals surface area contributed by atoms with Crippen molar-refractivity contribution in [3.63, 3.8) is 0 Å². The summed E-state index contributed by atoms with van der Waals surface area (Å²) in [5.74, 6) is -0.139. The summed E-state index contributed by atoms with van der Waals surface area (Å²) in [5, 5.41) is 5.71. The maximum Gasteiger partial charge on any atom is 0.248 e. The molecule has 0 aromatic heterocycles. The van der Waals surface area contributed by atoms with Crippen molar-refractivity contribution in [1.29, 1.82) is 0 Å². The van der Waals surface area contributed by atoms with E-state index < -0.39 is 0 Å². The summed E-state index contributed by atoms with van der Waals surface area (Å²) < 4.78 is 0. The van der Waals surface area contributed by atoms with Gasteiger partial charge in [0, 0.05) is 23.9 Å². The van der Waals surface area contributed by atoms with E-state index in [9.17, 15) is 9.59 Å². The van der Waals surface area contributed by atoms with Gasteiger partial charge in [0.05, 0.1) is 0 Å². The maximum absolute atomic E-state index is 12.2. The highest BCUT2D eigenvalue weighted by Crippen LogP contribution is 2.26. The first kappa shape index (κ1) is 17.9. The van der Waals surface area contributed by atoms with Crippen LogP contribution in [0.2, 0.25) is 0 Å². The summed E-state index contributed by atoms with van der Waals surface area (Å²) in [7, 11) is 0. The molecule has 0 radical (unpaired) electrons. The van der Waals surface area contributed by atoms with Gasteiger partial charge in [-0.25, -0.2) is 0 Å². The third kappa shape index (κ3) is 4.39. The van der Waals surface area contributed by atoms with Gasteiger partial charge in [0.25, 0.3) is 0 Å². The third-order valence-electron chi connectivity index (χ3n) is 4.47. The Morgan fingerprint density at radius 3 is 2.50 bits per heavy atom. The molecule has 0 unspecified atom stereocenters. The molecule has 0 atom stereocenters. The Morgan fingerprint density at radius 1 is 1.08 bits per heavy atom. The first-order chi connectivity index (χ1) is 12.3. The number of amides is 2. The van der Waals surface area contributed by atoms with E-state index in [4.69, 9.17) is 0 Å². The maximum atomic E-state index is 12.2. The van der Waals surface area contributed by atoms with Crippen LogP contribution < -0.4 is 10.6 Å². The standard InChI is InChI=1S/C22H24N2O2/c1-22(2,3)17-8-4-15(5-9-17)6-12-20(25)23-18-10-11-19-16(14-18)7-13-21(26)24-19/h4-6,8-12,14H,7,13H2,1-3H3,(H,23,25)(H,24,26). The summed E-state index contributed by atoms with van der Waals surface area (Å²) in [4.78, 5) is 23.6. The van der Waals surface area contributed by atoms with Crippen LogP contribution in [0.1, 0.15) is 43.9 Å². The fraction of sp³-hybridized carbons (Fsp3) is 0.273. The lowest BCUT2D eigenvalue weighted by Gasteiger charge is -2.18. The van der Waals surface area contributed by atoms with Gasteiger partial charge in [0.15, 0.2) is 0 Å². The number of aryl methyl sites for hydroxylation is 1. The fourth-order valence-corrected chi connectivity index (χ4v) is 2.91. The van der Waals surface area contributed by atoms with E-state index in [0.29, 0.717) is 12.8 Å². The number of hydrogen-bond acceptors (Lipinski definition) is 2. The average Bonchev–Trinajstić information content (AvgIpc) is 2.60. The van der Waals surface area contributed by atoms with Gasteiger partial charge in [0.1, 0.15) is 0 Å². The lowest BCUT2D eigenvalue weighted by molar-refractivity contribution is -0.116. The minimum absolute atomic E-state index is 0.0368. The van der Waals surface area contributed by atoms with Crippen molar-refractivity contribution in [3.8, 4) is 0 Å². The van der Waals surface area contributed by atoms with Crippen molar-refractivity contribution in [2.45, 2.75) is 39.0 Å². The van der Waals surface area contributed by atoms with E-state index in [2.05, 4.69) is 43.5 Å². The highest BCUT2D eigenvalue weighted by Gasteiger charge is 2.15. The number of anilines is 2. The zero-order chi connectivity index (χ0) is 18.7. The van der Waals surface area contributed by atoms with Crippen LogP contribution in [0, 0.1) is 0 Å². The second kappa shape index (κ2) is 7.16. The Kier molecular flexibility index (Phi) is 4.94. The molecule has 0 saturated carbocycles. The Morgan fingerprint density at radius 2 is 1.81 bits per heavy atom. The number of carbonyl (C=O) groups is 2. The van der Waals surface area contributed by atoms with Crippen LogP contribution in [0.3, 0.4) is 0 Å². The molecule has 1 aliphatic rings. The summed E-state index contributed by atoms with van der Waals surface area (Å²) >= 11 is 0. The minimum Gasteiger partial charge on any atom is -0.326 e. The second-order valence-corrected chi connectivity index (χ2v) is 7.61. The van der Waals surface area contributed by atoms with Gasteiger partial charge in [-0.3, -0.25) is 9.59 Å². The van der Waals surface area contributed by atoms with Gasteiger partial charge >= 0.3 is 0 Å². The quantitative estimate of drug-likeness (QED) is 0.801. The molecule has 1 aliphatic heterocycles. The monoisotopic (exact) mass is 348 g/mol. The molecular weight excluding hydrogens is 324 g/mol. The Bertz CT molecular complexity index is 859. The lowest BCUT2D eigenvalue weighted by atomic mass is 9.87. The number of carbonyl (C=O) groups excluding carboxylic acids is 2. The highest BCUT2D eigenvalue weighted by atomic mass is 16.2. The number of nitrogens with one attached hydrogen (secondary N) is 2. The van der Waals surface area contributed by atoms with Crippen molar-refractivity contribution in [3.05, 3.63) is 65.2 Å². The average molecular weight is 348 g/mol. The molecule has 0 bridgehead atoms. The minimum atomic E-state index is -0.176. The molecule has 1 heterocycles. The topological polar surface area (TPSA) is 58.2 Å². The van der Waals surface area contributed by atoms with E-state index in [-0.39, 0.29) is 17.2 Å². The smallest absolute Gasteiger partial charge is 0.248 e. The molecule has 4 nitrogen and oxygen atoms in total. The van der Waals surface area contributed by atoms with Gasteiger partial charge < -0.3 is 10.6 Å². The molecule has 2 N–H and O–H groups in total. The normalized spacial score (nSPS) is 14.0. The Hall–Kier alpha value is -2.88. The van der Waals surface area contributed by atoms with Gasteiger partial charge in [-0.1, -0.05) is 45.0 Å². The van der Waals surface area contributed by atoms with Crippen LogP contribution >= 0.6 is 0 Å². The van der Waals surface area contributed by atoms with E-state index in [0.717, 1.165) is 22.5 Å². The molecular formula is C22H24N2O2. The summed E-state index contributed by atoms with van der Waals surface area (Å²) in [6.07, 6.45) is 4.52. The Labute approximate surface area is 154 Å². The van der Waals surface area contributed by atoms with E-state index in [1.807, 2.05) is 24.3 Å². The van der Waals surface area contributed by atoms with Crippen molar-refractivity contribution >= 4 is 29.3 Å². The van der Waals surface area contributed by atoms with Crippen LogP contribution in [0.25, 0.3) is 6.08 Å². The van der Waals surface area contributed by atoms with Crippen molar-refractivity contribution < 1.29 is 9.59 Å². The van der Waals surface area contributed by atoms with Gasteiger partial charge in [-0.15, -0.1) is 0 Å². The largest absolute Gasteiger partial charge is 0.326 e. The molecule has 26 heavy (non-hydrogen) atoms. The van der Waals surface area contributed by atoms with Crippen LogP contribution in [0.5, 0.6) is 0 Å². The van der Waals surface area contributed by atoms with E-state index in [1.165, 1.54) is 11.6 Å². The van der Waals surface area contributed by atoms with Crippen LogP contribution in [0.4, 0.5) is 11.4 Å². The van der Waals surface area contributed by atoms with Crippen molar-refractivity contribution in [2.24, 2.45) is 0 Å². The lowest BCUT2D eigenvalue weighted by Crippen LogP contribution is -2.19. The number of benzene rings is 2. The molecule has 0 spiro atoms. The summed E-state index contributed by atoms with van der Waals surface area (Å²) in [6.45, 7) is 6.53. The van der Waals surface area contributed by atoms with E-state index in [1.54, 1.807) is 12.1 Å². The molecule has 134 valence electrons.